The first-order valence-electron chi connectivity index (χ1n) is 8.11. The maximum atomic E-state index is 8.51. The highest BCUT2D eigenvalue weighted by Gasteiger charge is 2.02. The Morgan fingerprint density at radius 1 is 0.737 bits per heavy atom. The number of ether oxygens (including phenoxy) is 2. The molecule has 1 N–H and O–H groups in total. The smallest absolute Gasteiger partial charge is 0.0701 e. The molecule has 3 heteroatoms. The number of aliphatic hydroxyl groups excluding tert-OH is 1. The van der Waals surface area contributed by atoms with E-state index in [1.807, 2.05) is 0 Å². The standard InChI is InChI=1S/C16H34O3/c1-3-16(4-2)10-8-6-5-7-9-12-18-14-15-19-13-11-17/h16-17H,3-15H2,1-2H3. The van der Waals surface area contributed by atoms with Gasteiger partial charge in [-0.05, 0) is 12.3 Å². The first kappa shape index (κ1) is 18.9. The summed E-state index contributed by atoms with van der Waals surface area (Å²) >= 11 is 0. The third kappa shape index (κ3) is 14.1. The van der Waals surface area contributed by atoms with Crippen LogP contribution in [-0.4, -0.2) is 38.1 Å². The van der Waals surface area contributed by atoms with Gasteiger partial charge in [0.2, 0.25) is 0 Å². The Hall–Kier alpha value is -0.120. The minimum absolute atomic E-state index is 0.0942. The Kier molecular flexibility index (Phi) is 15.8. The first-order chi connectivity index (χ1) is 9.35. The molecule has 0 aliphatic rings. The zero-order chi connectivity index (χ0) is 14.2. The number of hydrogen-bond acceptors (Lipinski definition) is 3. The van der Waals surface area contributed by atoms with Crippen LogP contribution in [0.1, 0.15) is 65.2 Å². The van der Waals surface area contributed by atoms with Gasteiger partial charge in [0, 0.05) is 6.61 Å². The fourth-order valence-electron chi connectivity index (χ4n) is 2.25. The molecule has 0 aliphatic carbocycles. The highest BCUT2D eigenvalue weighted by atomic mass is 16.5. The van der Waals surface area contributed by atoms with Crippen molar-refractivity contribution in [3.05, 3.63) is 0 Å². The molecule has 0 bridgehead atoms. The Balaban J connectivity index is 3.02. The lowest BCUT2D eigenvalue weighted by Gasteiger charge is -2.11. The van der Waals surface area contributed by atoms with E-state index in [0.29, 0.717) is 19.8 Å². The maximum Gasteiger partial charge on any atom is 0.0701 e. The third-order valence-corrected chi connectivity index (χ3v) is 3.66. The molecule has 0 heterocycles. The van der Waals surface area contributed by atoms with E-state index in [0.717, 1.165) is 18.9 Å². The molecule has 0 amide bonds. The molecular formula is C16H34O3. The Bertz CT molecular complexity index is 158. The van der Waals surface area contributed by atoms with E-state index in [1.54, 1.807) is 0 Å². The molecule has 0 radical (unpaired) electrons. The molecule has 3 nitrogen and oxygen atoms in total. The van der Waals surface area contributed by atoms with Crippen LogP contribution >= 0.6 is 0 Å². The summed E-state index contributed by atoms with van der Waals surface area (Å²) in [6.07, 6.45) is 10.6. The maximum absolute atomic E-state index is 8.51. The van der Waals surface area contributed by atoms with Gasteiger partial charge >= 0.3 is 0 Å². The molecule has 0 aromatic carbocycles. The lowest BCUT2D eigenvalue weighted by molar-refractivity contribution is 0.0320. The van der Waals surface area contributed by atoms with Crippen LogP contribution < -0.4 is 0 Å². The molecule has 0 fully saturated rings. The second kappa shape index (κ2) is 15.9. The van der Waals surface area contributed by atoms with Crippen LogP contribution in [0.5, 0.6) is 0 Å². The van der Waals surface area contributed by atoms with Crippen LogP contribution in [0.4, 0.5) is 0 Å². The van der Waals surface area contributed by atoms with Gasteiger partial charge < -0.3 is 14.6 Å². The van der Waals surface area contributed by atoms with Crippen molar-refractivity contribution in [3.63, 3.8) is 0 Å². The molecule has 0 aromatic heterocycles. The van der Waals surface area contributed by atoms with Crippen molar-refractivity contribution in [1.82, 2.24) is 0 Å². The number of rotatable bonds is 15. The zero-order valence-electron chi connectivity index (χ0n) is 13.0. The van der Waals surface area contributed by atoms with E-state index in [2.05, 4.69) is 13.8 Å². The quantitative estimate of drug-likeness (QED) is 0.462. The molecule has 0 aliphatic heterocycles. The predicted octanol–water partition coefficient (Wildman–Crippen LogP) is 3.79. The van der Waals surface area contributed by atoms with E-state index in [-0.39, 0.29) is 6.61 Å². The van der Waals surface area contributed by atoms with Gasteiger partial charge in [0.05, 0.1) is 26.4 Å². The van der Waals surface area contributed by atoms with E-state index in [9.17, 15) is 0 Å². The van der Waals surface area contributed by atoms with Crippen LogP contribution in [0, 0.1) is 5.92 Å². The lowest BCUT2D eigenvalue weighted by atomic mass is 9.96. The second-order valence-electron chi connectivity index (χ2n) is 5.19. The molecule has 0 rings (SSSR count). The SMILES string of the molecule is CCC(CC)CCCCCCCOCCOCCO. The van der Waals surface area contributed by atoms with Gasteiger partial charge in [-0.3, -0.25) is 0 Å². The van der Waals surface area contributed by atoms with Gasteiger partial charge in [-0.15, -0.1) is 0 Å². The van der Waals surface area contributed by atoms with Crippen molar-refractivity contribution in [1.29, 1.82) is 0 Å². The van der Waals surface area contributed by atoms with Gasteiger partial charge in [-0.1, -0.05) is 58.8 Å². The van der Waals surface area contributed by atoms with Crippen molar-refractivity contribution >= 4 is 0 Å². The average Bonchev–Trinajstić information content (AvgIpc) is 2.44. The second-order valence-corrected chi connectivity index (χ2v) is 5.19. The van der Waals surface area contributed by atoms with Crippen LogP contribution in [0.2, 0.25) is 0 Å². The third-order valence-electron chi connectivity index (χ3n) is 3.66. The van der Waals surface area contributed by atoms with Gasteiger partial charge in [-0.2, -0.15) is 0 Å². The van der Waals surface area contributed by atoms with Gasteiger partial charge in [-0.25, -0.2) is 0 Å². The van der Waals surface area contributed by atoms with Crippen molar-refractivity contribution < 1.29 is 14.6 Å². The normalized spacial score (nSPS) is 11.4. The first-order valence-corrected chi connectivity index (χ1v) is 8.11. The highest BCUT2D eigenvalue weighted by Crippen LogP contribution is 2.17. The molecule has 0 aromatic rings. The van der Waals surface area contributed by atoms with Gasteiger partial charge in [0.25, 0.3) is 0 Å². The average molecular weight is 274 g/mol. The number of aliphatic hydroxyl groups is 1. The summed E-state index contributed by atoms with van der Waals surface area (Å²) in [6, 6.07) is 0. The molecular weight excluding hydrogens is 240 g/mol. The van der Waals surface area contributed by atoms with Gasteiger partial charge in [0.15, 0.2) is 0 Å². The highest BCUT2D eigenvalue weighted by molar-refractivity contribution is 4.55. The summed E-state index contributed by atoms with van der Waals surface area (Å²) in [5.74, 6) is 0.947. The summed E-state index contributed by atoms with van der Waals surface area (Å²) in [5.41, 5.74) is 0. The number of unbranched alkanes of at least 4 members (excludes halogenated alkanes) is 4. The van der Waals surface area contributed by atoms with Crippen molar-refractivity contribution in [2.75, 3.05) is 33.0 Å². The van der Waals surface area contributed by atoms with Crippen LogP contribution in [0.25, 0.3) is 0 Å². The molecule has 0 saturated carbocycles. The van der Waals surface area contributed by atoms with Crippen molar-refractivity contribution in [2.45, 2.75) is 65.2 Å². The molecule has 0 saturated heterocycles. The summed E-state index contributed by atoms with van der Waals surface area (Å²) in [7, 11) is 0. The summed E-state index contributed by atoms with van der Waals surface area (Å²) in [5, 5.41) is 8.51. The topological polar surface area (TPSA) is 38.7 Å². The van der Waals surface area contributed by atoms with Crippen LogP contribution in [0.3, 0.4) is 0 Å². The van der Waals surface area contributed by atoms with Crippen LogP contribution in [-0.2, 0) is 9.47 Å². The molecule has 116 valence electrons. The van der Waals surface area contributed by atoms with E-state index < -0.39 is 0 Å². The molecule has 0 spiro atoms. The zero-order valence-corrected chi connectivity index (χ0v) is 13.0. The summed E-state index contributed by atoms with van der Waals surface area (Å²) < 4.78 is 10.6. The van der Waals surface area contributed by atoms with Crippen molar-refractivity contribution in [2.24, 2.45) is 5.92 Å². The largest absolute Gasteiger partial charge is 0.394 e. The fourth-order valence-corrected chi connectivity index (χ4v) is 2.25. The fraction of sp³-hybridized carbons (Fsp3) is 1.00. The van der Waals surface area contributed by atoms with E-state index in [1.165, 1.54) is 44.9 Å². The predicted molar refractivity (Wildman–Crippen MR) is 80.5 cm³/mol. The van der Waals surface area contributed by atoms with E-state index >= 15 is 0 Å². The molecule has 0 atom stereocenters. The summed E-state index contributed by atoms with van der Waals surface area (Å²) in [6.45, 7) is 7.20. The van der Waals surface area contributed by atoms with E-state index in [4.69, 9.17) is 14.6 Å². The lowest BCUT2D eigenvalue weighted by Crippen LogP contribution is -2.07. The van der Waals surface area contributed by atoms with Crippen LogP contribution in [0.15, 0.2) is 0 Å². The monoisotopic (exact) mass is 274 g/mol. The van der Waals surface area contributed by atoms with Crippen molar-refractivity contribution in [3.8, 4) is 0 Å². The Morgan fingerprint density at radius 2 is 1.32 bits per heavy atom. The minimum atomic E-state index is 0.0942. The van der Waals surface area contributed by atoms with Gasteiger partial charge in [0.1, 0.15) is 0 Å². The Morgan fingerprint density at radius 3 is 1.95 bits per heavy atom. The molecule has 0 unspecified atom stereocenters. The minimum Gasteiger partial charge on any atom is -0.394 e. The Labute approximate surface area is 119 Å². The summed E-state index contributed by atoms with van der Waals surface area (Å²) in [4.78, 5) is 0. The number of hydrogen-bond donors (Lipinski definition) is 1. The molecule has 19 heavy (non-hydrogen) atoms.